The molecule has 18 heavy (non-hydrogen) atoms. The van der Waals surface area contributed by atoms with Crippen molar-refractivity contribution in [1.82, 2.24) is 20.0 Å². The van der Waals surface area contributed by atoms with E-state index in [1.807, 2.05) is 0 Å². The summed E-state index contributed by atoms with van der Waals surface area (Å²) in [5.41, 5.74) is 0. The lowest BCUT2D eigenvalue weighted by Crippen LogP contribution is -2.45. The molecule has 0 unspecified atom stereocenters. The van der Waals surface area contributed by atoms with Gasteiger partial charge in [0.15, 0.2) is 5.96 Å². The van der Waals surface area contributed by atoms with Crippen LogP contribution >= 0.6 is 0 Å². The van der Waals surface area contributed by atoms with E-state index in [4.69, 9.17) is 0 Å². The number of aliphatic imine (C=N–C) groups is 1. The number of likely N-dealkylation sites (tertiary alicyclic amines) is 1. The molecule has 5 heteroatoms. The molecule has 2 aliphatic heterocycles. The molecule has 0 spiro atoms. The van der Waals surface area contributed by atoms with Crippen molar-refractivity contribution in [3.05, 3.63) is 0 Å². The van der Waals surface area contributed by atoms with E-state index in [0.717, 1.165) is 38.2 Å². The normalized spacial score (nSPS) is 22.7. The first-order valence-corrected chi connectivity index (χ1v) is 7.05. The second kappa shape index (κ2) is 6.38. The molecule has 104 valence electrons. The Labute approximate surface area is 111 Å². The lowest BCUT2D eigenvalue weighted by molar-refractivity contribution is 0.146. The molecule has 0 aliphatic carbocycles. The van der Waals surface area contributed by atoms with Crippen molar-refractivity contribution in [3.8, 4) is 0 Å². The molecule has 1 saturated heterocycles. The molecule has 0 aromatic rings. The van der Waals surface area contributed by atoms with Crippen molar-refractivity contribution in [2.75, 3.05) is 60.4 Å². The van der Waals surface area contributed by atoms with Crippen molar-refractivity contribution in [2.24, 2.45) is 4.99 Å². The summed E-state index contributed by atoms with van der Waals surface area (Å²) in [6.45, 7) is 6.59. The van der Waals surface area contributed by atoms with Crippen molar-refractivity contribution in [1.29, 1.82) is 0 Å². The molecule has 0 aromatic carbocycles. The number of nitrogens with one attached hydrogen (secondary N) is 1. The molecule has 0 saturated carbocycles. The summed E-state index contributed by atoms with van der Waals surface area (Å²) in [5, 5.41) is 3.44. The van der Waals surface area contributed by atoms with Crippen LogP contribution in [0.5, 0.6) is 0 Å². The fourth-order valence-corrected chi connectivity index (χ4v) is 2.71. The van der Waals surface area contributed by atoms with Crippen LogP contribution in [0.2, 0.25) is 0 Å². The third-order valence-electron chi connectivity index (χ3n) is 4.06. The van der Waals surface area contributed by atoms with Gasteiger partial charge >= 0.3 is 0 Å². The van der Waals surface area contributed by atoms with Gasteiger partial charge in [0.05, 0.1) is 6.54 Å². The van der Waals surface area contributed by atoms with E-state index in [1.54, 1.807) is 0 Å². The zero-order valence-corrected chi connectivity index (χ0v) is 12.0. The Morgan fingerprint density at radius 1 is 1.28 bits per heavy atom. The highest BCUT2D eigenvalue weighted by atomic mass is 15.3. The topological polar surface area (TPSA) is 34.1 Å². The number of hydrogen-bond donors (Lipinski definition) is 1. The van der Waals surface area contributed by atoms with Gasteiger partial charge in [0, 0.05) is 32.7 Å². The largest absolute Gasteiger partial charge is 0.355 e. The summed E-state index contributed by atoms with van der Waals surface area (Å²) in [7, 11) is 6.48. The Hall–Kier alpha value is -0.810. The van der Waals surface area contributed by atoms with Gasteiger partial charge in [0.1, 0.15) is 0 Å². The SMILES string of the molecule is CN1CCN=C1NCCN1CCC(N(C)C)CC1. The number of hydrogen-bond acceptors (Lipinski definition) is 5. The highest BCUT2D eigenvalue weighted by molar-refractivity contribution is 5.81. The van der Waals surface area contributed by atoms with E-state index in [0.29, 0.717) is 0 Å². The Morgan fingerprint density at radius 2 is 2.00 bits per heavy atom. The van der Waals surface area contributed by atoms with Crippen molar-refractivity contribution < 1.29 is 0 Å². The first-order chi connectivity index (χ1) is 8.66. The van der Waals surface area contributed by atoms with Crippen LogP contribution in [0, 0.1) is 0 Å². The highest BCUT2D eigenvalue weighted by Crippen LogP contribution is 2.13. The van der Waals surface area contributed by atoms with E-state index in [1.165, 1.54) is 25.9 Å². The molecule has 1 fully saturated rings. The molecule has 2 heterocycles. The van der Waals surface area contributed by atoms with Gasteiger partial charge in [0.2, 0.25) is 0 Å². The summed E-state index contributed by atoms with van der Waals surface area (Å²) >= 11 is 0. The van der Waals surface area contributed by atoms with Crippen molar-refractivity contribution >= 4 is 5.96 Å². The van der Waals surface area contributed by atoms with Gasteiger partial charge < -0.3 is 20.0 Å². The third kappa shape index (κ3) is 3.59. The molecule has 1 N–H and O–H groups in total. The van der Waals surface area contributed by atoms with Gasteiger partial charge in [-0.25, -0.2) is 0 Å². The summed E-state index contributed by atoms with van der Waals surface area (Å²) in [5.74, 6) is 1.07. The summed E-state index contributed by atoms with van der Waals surface area (Å²) in [6.07, 6.45) is 2.60. The summed E-state index contributed by atoms with van der Waals surface area (Å²) in [6, 6.07) is 0.777. The Bertz CT molecular complexity index is 281. The number of rotatable bonds is 4. The van der Waals surface area contributed by atoms with E-state index >= 15 is 0 Å². The van der Waals surface area contributed by atoms with Crippen LogP contribution in [0.1, 0.15) is 12.8 Å². The molecule has 0 bridgehead atoms. The van der Waals surface area contributed by atoms with E-state index in [9.17, 15) is 0 Å². The third-order valence-corrected chi connectivity index (χ3v) is 4.06. The van der Waals surface area contributed by atoms with Crippen LogP contribution in [0.4, 0.5) is 0 Å². The Balaban J connectivity index is 1.61. The minimum atomic E-state index is 0.777. The molecule has 2 rings (SSSR count). The predicted octanol–water partition coefficient (Wildman–Crippen LogP) is -0.0966. The maximum atomic E-state index is 4.44. The lowest BCUT2D eigenvalue weighted by atomic mass is 10.0. The standard InChI is InChI=1S/C13H27N5/c1-16(2)12-4-8-18(9-5-12)11-7-15-13-14-6-10-17(13)3/h12H,4-11H2,1-3H3,(H,14,15). The molecule has 2 aliphatic rings. The van der Waals surface area contributed by atoms with Crippen LogP contribution in [-0.2, 0) is 0 Å². The quantitative estimate of drug-likeness (QED) is 0.759. The van der Waals surface area contributed by atoms with E-state index in [2.05, 4.69) is 46.2 Å². The maximum Gasteiger partial charge on any atom is 0.193 e. The van der Waals surface area contributed by atoms with Crippen molar-refractivity contribution in [3.63, 3.8) is 0 Å². The number of nitrogens with zero attached hydrogens (tertiary/aromatic N) is 4. The number of likely N-dealkylation sites (N-methyl/N-ethyl adjacent to an activating group) is 1. The van der Waals surface area contributed by atoms with Gasteiger partial charge in [-0.05, 0) is 40.0 Å². The minimum Gasteiger partial charge on any atom is -0.355 e. The molecule has 0 radical (unpaired) electrons. The fourth-order valence-electron chi connectivity index (χ4n) is 2.71. The first kappa shape index (κ1) is 13.6. The molecular formula is C13H27N5. The average molecular weight is 253 g/mol. The zero-order valence-electron chi connectivity index (χ0n) is 12.0. The van der Waals surface area contributed by atoms with Crippen LogP contribution in [0.15, 0.2) is 4.99 Å². The second-order valence-corrected chi connectivity index (χ2v) is 5.59. The molecular weight excluding hydrogens is 226 g/mol. The summed E-state index contributed by atoms with van der Waals surface area (Å²) < 4.78 is 0. The summed E-state index contributed by atoms with van der Waals surface area (Å²) in [4.78, 5) is 11.6. The van der Waals surface area contributed by atoms with Crippen molar-refractivity contribution in [2.45, 2.75) is 18.9 Å². The van der Waals surface area contributed by atoms with E-state index < -0.39 is 0 Å². The number of piperidine rings is 1. The van der Waals surface area contributed by atoms with Gasteiger partial charge in [0.25, 0.3) is 0 Å². The zero-order chi connectivity index (χ0) is 13.0. The van der Waals surface area contributed by atoms with Gasteiger partial charge in [-0.1, -0.05) is 0 Å². The lowest BCUT2D eigenvalue weighted by Gasteiger charge is -2.35. The highest BCUT2D eigenvalue weighted by Gasteiger charge is 2.20. The molecule has 5 nitrogen and oxygen atoms in total. The van der Waals surface area contributed by atoms with Crippen LogP contribution < -0.4 is 5.32 Å². The smallest absolute Gasteiger partial charge is 0.193 e. The average Bonchev–Trinajstić information content (AvgIpc) is 2.76. The molecule has 0 aromatic heterocycles. The van der Waals surface area contributed by atoms with Crippen LogP contribution in [-0.4, -0.2) is 87.1 Å². The molecule has 0 amide bonds. The molecule has 0 atom stereocenters. The van der Waals surface area contributed by atoms with Crippen LogP contribution in [0.3, 0.4) is 0 Å². The maximum absolute atomic E-state index is 4.44. The Kier molecular flexibility index (Phi) is 4.83. The van der Waals surface area contributed by atoms with Gasteiger partial charge in [-0.2, -0.15) is 0 Å². The fraction of sp³-hybridized carbons (Fsp3) is 0.923. The van der Waals surface area contributed by atoms with E-state index in [-0.39, 0.29) is 0 Å². The monoisotopic (exact) mass is 253 g/mol. The van der Waals surface area contributed by atoms with Crippen LogP contribution in [0.25, 0.3) is 0 Å². The Morgan fingerprint density at radius 3 is 2.56 bits per heavy atom. The van der Waals surface area contributed by atoms with Gasteiger partial charge in [-0.15, -0.1) is 0 Å². The number of guanidine groups is 1. The minimum absolute atomic E-state index is 0.777. The van der Waals surface area contributed by atoms with Gasteiger partial charge in [-0.3, -0.25) is 4.99 Å². The first-order valence-electron chi connectivity index (χ1n) is 7.05. The second-order valence-electron chi connectivity index (χ2n) is 5.59. The predicted molar refractivity (Wildman–Crippen MR) is 76.1 cm³/mol.